The zero-order valence-electron chi connectivity index (χ0n) is 65.0. The summed E-state index contributed by atoms with van der Waals surface area (Å²) in [6.45, 7) is 23.2. The lowest BCUT2D eigenvalue weighted by atomic mass is 10.0. The van der Waals surface area contributed by atoms with Crippen molar-refractivity contribution in [2.75, 3.05) is 41.5 Å². The molecule has 0 aliphatic carbocycles. The van der Waals surface area contributed by atoms with Crippen molar-refractivity contribution in [1.29, 1.82) is 0 Å². The molecule has 644 valence electrons. The summed E-state index contributed by atoms with van der Waals surface area (Å²) in [4.78, 5) is 107. The second-order valence-electron chi connectivity index (χ2n) is 28.0. The fourth-order valence-corrected chi connectivity index (χ4v) is 8.66. The Hall–Kier alpha value is -11.8. The maximum Gasteiger partial charge on any atom is 0.519 e. The van der Waals surface area contributed by atoms with E-state index in [0.717, 1.165) is 79.9 Å². The van der Waals surface area contributed by atoms with Crippen LogP contribution in [0.25, 0.3) is 21.8 Å². The Labute approximate surface area is 664 Å². The number of carbonyl (C=O) groups is 9. The van der Waals surface area contributed by atoms with Gasteiger partial charge in [-0.3, -0.25) is 29.8 Å². The molecule has 41 heteroatoms. The van der Waals surface area contributed by atoms with E-state index in [1.54, 1.807) is 95.3 Å². The summed E-state index contributed by atoms with van der Waals surface area (Å²) in [5, 5.41) is 7.56. The largest absolute Gasteiger partial charge is 0.519 e. The summed E-state index contributed by atoms with van der Waals surface area (Å²) >= 11 is 0. The fraction of sp³-hybridized carbons (Fsp3) is 0.364. The SMILES string of the molecule is C1CCOC1.CC(C)(C)OC(=O)Nc1ccc(C(F)(F)F)cc1.CC(C)(C)OC(=O)OC(=O)OC(C)(C)C.CCOC(=O)C(=O)c1cc(C(F)(F)F)ccc1NC(=O)OC(C)(C)C.FC(F)(F)c1ccc2[nH]ccc2c1.Nc1ccc(C(F)(F)F)cc1.O=C1Nc2ccc(C(F)(F)F)cc2C1=O.O=Cc1c[nH]c2ccc(C(F)(F)F)cc12.[BH]. The maximum atomic E-state index is 12.9. The van der Waals surface area contributed by atoms with Crippen molar-refractivity contribution >= 4 is 107 Å². The first-order valence-electron chi connectivity index (χ1n) is 34.0. The molecule has 0 spiro atoms. The first-order chi connectivity index (χ1) is 53.4. The molecule has 0 bridgehead atoms. The van der Waals surface area contributed by atoms with E-state index in [2.05, 4.69) is 35.4 Å². The molecule has 1 fully saturated rings. The van der Waals surface area contributed by atoms with Crippen LogP contribution in [-0.2, 0) is 79.8 Å². The van der Waals surface area contributed by atoms with Crippen LogP contribution in [0.5, 0.6) is 0 Å². The maximum absolute atomic E-state index is 12.9. The molecule has 2 radical (unpaired) electrons. The monoisotopic (exact) mass is 1700 g/mol. The second-order valence-corrected chi connectivity index (χ2v) is 28.0. The molecule has 6 aromatic carbocycles. The van der Waals surface area contributed by atoms with Crippen LogP contribution in [0, 0.1) is 0 Å². The number of alkyl halides is 18. The molecule has 0 atom stereocenters. The second kappa shape index (κ2) is 42.4. The summed E-state index contributed by atoms with van der Waals surface area (Å²) in [5.41, 5.74) is -1.58. The molecule has 0 saturated carbocycles. The summed E-state index contributed by atoms with van der Waals surface area (Å²) in [7, 11) is 0. The van der Waals surface area contributed by atoms with E-state index in [4.69, 9.17) is 29.4 Å². The van der Waals surface area contributed by atoms with Crippen molar-refractivity contribution in [3.05, 3.63) is 190 Å². The molecule has 118 heavy (non-hydrogen) atoms. The lowest BCUT2D eigenvalue weighted by Gasteiger charge is -2.20. The zero-order chi connectivity index (χ0) is 89.4. The number of aromatic amines is 2. The van der Waals surface area contributed by atoms with Crippen molar-refractivity contribution in [2.45, 2.75) is 162 Å². The number of amides is 3. The van der Waals surface area contributed by atoms with Crippen LogP contribution in [-0.4, -0.2) is 115 Å². The number of nitrogen functional groups attached to an aromatic ring is 1. The van der Waals surface area contributed by atoms with Gasteiger partial charge in [-0.2, -0.15) is 79.0 Å². The molecular weight excluding hydrogens is 1620 g/mol. The number of nitrogens with one attached hydrogen (secondary N) is 5. The minimum Gasteiger partial charge on any atom is -0.460 e. The van der Waals surface area contributed by atoms with Gasteiger partial charge in [-0.15, -0.1) is 0 Å². The first kappa shape index (κ1) is 102. The molecule has 7 N–H and O–H groups in total. The number of halogens is 18. The third-order valence-electron chi connectivity index (χ3n) is 13.7. The number of ether oxygens (including phenoxy) is 7. The Balaban J connectivity index is 0.000000466. The molecule has 8 aromatic rings. The predicted octanol–water partition coefficient (Wildman–Crippen LogP) is 21.2. The van der Waals surface area contributed by atoms with Crippen molar-refractivity contribution in [2.24, 2.45) is 0 Å². The van der Waals surface area contributed by atoms with E-state index < -0.39 is 146 Å². The van der Waals surface area contributed by atoms with Gasteiger partial charge in [0.1, 0.15) is 22.4 Å². The number of ketones is 2. The zero-order valence-corrected chi connectivity index (χ0v) is 65.0. The normalized spacial score (nSPS) is 12.7. The van der Waals surface area contributed by atoms with Crippen molar-refractivity contribution in [3.8, 4) is 0 Å². The lowest BCUT2D eigenvalue weighted by Crippen LogP contribution is -2.29. The highest BCUT2D eigenvalue weighted by Crippen LogP contribution is 2.38. The molecule has 2 aliphatic rings. The van der Waals surface area contributed by atoms with E-state index >= 15 is 0 Å². The summed E-state index contributed by atoms with van der Waals surface area (Å²) < 4.78 is 255. The van der Waals surface area contributed by atoms with Crippen molar-refractivity contribution in [3.63, 3.8) is 0 Å². The first-order valence-corrected chi connectivity index (χ1v) is 34.0. The highest BCUT2D eigenvalue weighted by atomic mass is 19.4. The van der Waals surface area contributed by atoms with Crippen molar-refractivity contribution < 1.29 is 155 Å². The summed E-state index contributed by atoms with van der Waals surface area (Å²) in [6.07, 6.45) is -24.3. The predicted molar refractivity (Wildman–Crippen MR) is 397 cm³/mol. The highest BCUT2D eigenvalue weighted by Gasteiger charge is 2.38. The topological polar surface area (TPSA) is 312 Å². The van der Waals surface area contributed by atoms with Gasteiger partial charge in [-0.1, -0.05) is 0 Å². The number of benzene rings is 6. The lowest BCUT2D eigenvalue weighted by molar-refractivity contribution is -0.138. The standard InChI is InChI=1S/C16H18F3NO5.C12H14F3NO2.C10H6F3NO.C10H18O5.C9H4F3NO2.C9H6F3N.C7H6F3N.C4H8O.BH/c1-5-24-13(22)12(21)10-8-9(16(17,18)19)6-7-11(10)20-14(23)25-15(2,3)4;1-11(2,3)18-10(17)16-9-6-4-8(5-7-9)12(13,14)15;11-10(12,13)7-1-2-9-8(3-7)6(5-15)4-14-9;1-9(2,3)14-7(11)13-8(12)15-10(4,5)6;10-9(11,12)4-1-2-6-5(3-4)7(14)8(15)13-6;10-9(11,12)7-1-2-8-6(5-7)3-4-13-8;8-7(9,10)5-1-3-6(11)4-2-5;1-2-4-5-3-1;/h6-8H,5H2,1-4H3,(H,20,23);4-7H,1-3H3,(H,16,17);1-5,14H;1-6H3;1-3H,(H,13,14,15);1-5,13H;1-4H,11H2;1-4H2;1H. The fourth-order valence-electron chi connectivity index (χ4n) is 8.66. The Morgan fingerprint density at radius 3 is 1.32 bits per heavy atom. The van der Waals surface area contributed by atoms with E-state index in [9.17, 15) is 122 Å². The average Bonchev–Trinajstić information content (AvgIpc) is 1.03. The van der Waals surface area contributed by atoms with Crippen LogP contribution < -0.4 is 21.7 Å². The van der Waals surface area contributed by atoms with Gasteiger partial charge in [0, 0.05) is 67.4 Å². The number of carbonyl (C=O) groups excluding carboxylic acids is 9. The van der Waals surface area contributed by atoms with Gasteiger partial charge in [0.05, 0.1) is 62.5 Å². The molecule has 2 aliphatic heterocycles. The van der Waals surface area contributed by atoms with Crippen LogP contribution >= 0.6 is 0 Å². The smallest absolute Gasteiger partial charge is 0.460 e. The molecule has 2 aromatic heterocycles. The Morgan fingerprint density at radius 2 is 0.890 bits per heavy atom. The molecule has 3 amide bonds. The molecule has 22 nitrogen and oxygen atoms in total. The molecule has 4 heterocycles. The number of Topliss-reactive ketones (excluding diaryl/α,β-unsaturated/α-hetero) is 2. The third kappa shape index (κ3) is 37.0. The quantitative estimate of drug-likeness (QED) is 0.0104. The Morgan fingerprint density at radius 1 is 0.483 bits per heavy atom. The van der Waals surface area contributed by atoms with Gasteiger partial charge in [-0.05, 0) is 236 Å². The summed E-state index contributed by atoms with van der Waals surface area (Å²) in [5.74, 6) is -4.46. The minimum absolute atomic E-state index is 0. The van der Waals surface area contributed by atoms with Crippen LogP contribution in [0.3, 0.4) is 0 Å². The molecule has 1 saturated heterocycles. The number of aromatic nitrogens is 2. The number of nitrogens with two attached hydrogens (primary N) is 1. The third-order valence-corrected chi connectivity index (χ3v) is 13.7. The number of hydrogen-bond donors (Lipinski definition) is 6. The number of rotatable bonds is 6. The number of aldehydes is 1. The summed E-state index contributed by atoms with van der Waals surface area (Å²) in [6, 6.07) is 21.6. The van der Waals surface area contributed by atoms with Crippen LogP contribution in [0.4, 0.5) is 121 Å². The Kier molecular flexibility index (Phi) is 36.7. The van der Waals surface area contributed by atoms with Crippen LogP contribution in [0.2, 0.25) is 0 Å². The van der Waals surface area contributed by atoms with Crippen molar-refractivity contribution in [1.82, 2.24) is 9.97 Å². The van der Waals surface area contributed by atoms with Gasteiger partial charge in [-0.25, -0.2) is 24.0 Å². The van der Waals surface area contributed by atoms with E-state index in [-0.39, 0.29) is 43.2 Å². The van der Waals surface area contributed by atoms with Gasteiger partial charge in [0.25, 0.3) is 17.5 Å². The van der Waals surface area contributed by atoms with Gasteiger partial charge < -0.3 is 54.2 Å². The van der Waals surface area contributed by atoms with Crippen LogP contribution in [0.1, 0.15) is 167 Å². The van der Waals surface area contributed by atoms with Crippen LogP contribution in [0.15, 0.2) is 140 Å². The van der Waals surface area contributed by atoms with Gasteiger partial charge in [0.15, 0.2) is 6.29 Å². The molecule has 0 unspecified atom stereocenters. The van der Waals surface area contributed by atoms with Gasteiger partial charge >= 0.3 is 67.5 Å². The van der Waals surface area contributed by atoms with E-state index in [0.29, 0.717) is 52.0 Å². The highest BCUT2D eigenvalue weighted by molar-refractivity contribution is 6.51. The number of esters is 1. The molecular formula is C77H81BF18N6O16. The number of H-pyrrole nitrogens is 2. The number of anilines is 4. The van der Waals surface area contributed by atoms with E-state index in [1.165, 1.54) is 62.4 Å². The minimum atomic E-state index is -4.73. The van der Waals surface area contributed by atoms with E-state index in [1.807, 2.05) is 0 Å². The number of fused-ring (bicyclic) bond motifs is 3. The number of hydrogen-bond acceptors (Lipinski definition) is 17. The average molecular weight is 1700 g/mol. The van der Waals surface area contributed by atoms with Gasteiger partial charge in [0.2, 0.25) is 0 Å². The molecule has 10 rings (SSSR count). The Bertz CT molecular complexity index is 4660.